The molecule has 234 valence electrons. The number of hydrogen-bond donors (Lipinski definition) is 4. The quantitative estimate of drug-likeness (QED) is 0.127. The number of hydrogen-bond acceptors (Lipinski definition) is 11. The number of carbonyl (C=O) groups excluding carboxylic acids is 4. The summed E-state index contributed by atoms with van der Waals surface area (Å²) in [6, 6.07) is -2.29. The van der Waals surface area contributed by atoms with Crippen LogP contribution in [-0.4, -0.2) is 100 Å². The number of allylic oxidation sites excluding steroid dienone is 1. The zero-order valence-corrected chi connectivity index (χ0v) is 25.7. The summed E-state index contributed by atoms with van der Waals surface area (Å²) >= 11 is 11.3. The fraction of sp³-hybridized carbons (Fsp3) is 0.739. The largest absolute Gasteiger partial charge is 0.462 e. The third-order valence-electron chi connectivity index (χ3n) is 5.83. The van der Waals surface area contributed by atoms with Crippen LogP contribution in [0.3, 0.4) is 0 Å². The first kappa shape index (κ1) is 35.6. The average molecular weight is 650 g/mol. The Kier molecular flexibility index (Phi) is 12.4. The molecule has 0 aliphatic carbocycles. The third-order valence-corrected chi connectivity index (χ3v) is 9.03. The number of ketones is 1. The molecule has 2 aliphatic heterocycles. The lowest BCUT2D eigenvalue weighted by atomic mass is 9.96. The first-order chi connectivity index (χ1) is 18.8. The topological polar surface area (TPSA) is 173 Å². The van der Waals surface area contributed by atoms with Crippen LogP contribution in [0.1, 0.15) is 48.0 Å². The Labute approximate surface area is 246 Å². The van der Waals surface area contributed by atoms with E-state index in [0.29, 0.717) is 4.90 Å². The van der Waals surface area contributed by atoms with E-state index in [4.69, 9.17) is 42.1 Å². The van der Waals surface area contributed by atoms with Crippen molar-refractivity contribution in [3.05, 3.63) is 11.2 Å². The van der Waals surface area contributed by atoms with Crippen LogP contribution in [0.4, 0.5) is 8.78 Å². The Balaban J connectivity index is 2.37. The van der Waals surface area contributed by atoms with Gasteiger partial charge in [-0.05, 0) is 53.3 Å². The van der Waals surface area contributed by atoms with Crippen LogP contribution < -0.4 is 10.2 Å². The molecule has 0 saturated carbocycles. The third kappa shape index (κ3) is 8.71. The predicted molar refractivity (Wildman–Crippen MR) is 144 cm³/mol. The number of rotatable bonds is 13. The minimum absolute atomic E-state index is 0.408. The minimum Gasteiger partial charge on any atom is -0.462 e. The zero-order chi connectivity index (χ0) is 31.4. The van der Waals surface area contributed by atoms with Crippen molar-refractivity contribution in [2.45, 2.75) is 103 Å². The van der Waals surface area contributed by atoms with Crippen LogP contribution >= 0.6 is 18.2 Å². The molecular weight excluding hydrogens is 615 g/mol. The molecule has 4 N–H and O–H groups in total. The summed E-state index contributed by atoms with van der Waals surface area (Å²) in [6.45, 7) is 4.18. The molecule has 6 atom stereocenters. The van der Waals surface area contributed by atoms with Gasteiger partial charge in [0.05, 0.1) is 25.2 Å². The monoisotopic (exact) mass is 649 g/mol. The normalized spacial score (nSPS) is 26.9. The Morgan fingerprint density at radius 3 is 2.05 bits per heavy atom. The van der Waals surface area contributed by atoms with Crippen LogP contribution in [0.2, 0.25) is 0 Å². The number of aliphatic hydroxyl groups is 2. The van der Waals surface area contributed by atoms with E-state index in [1.54, 1.807) is 27.7 Å². The molecule has 1 saturated heterocycles. The number of halogens is 3. The molecule has 41 heavy (non-hydrogen) atoms. The molecule has 0 radical (unpaired) electrons. The second-order valence-corrected chi connectivity index (χ2v) is 13.9. The van der Waals surface area contributed by atoms with Crippen molar-refractivity contribution >= 4 is 53.6 Å². The van der Waals surface area contributed by atoms with E-state index in [0.717, 1.165) is 6.20 Å². The first-order valence-electron chi connectivity index (χ1n) is 12.6. The molecule has 2 heterocycles. The fourth-order valence-corrected chi connectivity index (χ4v) is 6.89. The van der Waals surface area contributed by atoms with Crippen LogP contribution in [0.15, 0.2) is 11.2 Å². The van der Waals surface area contributed by atoms with E-state index in [1.165, 1.54) is 13.8 Å². The highest BCUT2D eigenvalue weighted by molar-refractivity contribution is 8.10. The highest BCUT2D eigenvalue weighted by Crippen LogP contribution is 2.45. The van der Waals surface area contributed by atoms with Gasteiger partial charge in [-0.2, -0.15) is 0 Å². The van der Waals surface area contributed by atoms with Crippen molar-refractivity contribution in [3.63, 3.8) is 0 Å². The van der Waals surface area contributed by atoms with Crippen molar-refractivity contribution in [2.75, 3.05) is 6.61 Å². The summed E-state index contributed by atoms with van der Waals surface area (Å²) in [7, 11) is 0. The lowest BCUT2D eigenvalue weighted by molar-refractivity contribution is -0.199. The van der Waals surface area contributed by atoms with Gasteiger partial charge < -0.3 is 28.9 Å². The van der Waals surface area contributed by atoms with Gasteiger partial charge in [0.15, 0.2) is 24.2 Å². The summed E-state index contributed by atoms with van der Waals surface area (Å²) in [6.07, 6.45) is -10.6. The lowest BCUT2D eigenvalue weighted by Gasteiger charge is -2.36. The van der Waals surface area contributed by atoms with Gasteiger partial charge in [-0.25, -0.2) is 19.0 Å². The van der Waals surface area contributed by atoms with Crippen molar-refractivity contribution in [1.29, 1.82) is 0 Å². The van der Waals surface area contributed by atoms with E-state index >= 15 is 0 Å². The summed E-state index contributed by atoms with van der Waals surface area (Å²) in [5.74, 6) is -3.15. The van der Waals surface area contributed by atoms with Gasteiger partial charge >= 0.3 is 11.9 Å². The molecule has 2 rings (SSSR count). The van der Waals surface area contributed by atoms with Gasteiger partial charge in [0.1, 0.15) is 29.3 Å². The lowest BCUT2D eigenvalue weighted by Crippen LogP contribution is -2.53. The van der Waals surface area contributed by atoms with Crippen molar-refractivity contribution in [3.8, 4) is 0 Å². The minimum atomic E-state index is -3.82. The van der Waals surface area contributed by atoms with Crippen LogP contribution in [0, 0.1) is 0 Å². The van der Waals surface area contributed by atoms with Crippen LogP contribution in [0.5, 0.6) is 0 Å². The van der Waals surface area contributed by atoms with Gasteiger partial charge in [0.2, 0.25) is 5.91 Å². The number of aliphatic hydroxyl groups excluding tert-OH is 2. The number of Topliss-reactive ketones (excluding diaryl/α,β-unsaturated/α-hetero) is 1. The molecule has 0 bridgehead atoms. The van der Waals surface area contributed by atoms with E-state index in [9.17, 15) is 38.2 Å². The number of alkyl halides is 2. The molecule has 13 nitrogen and oxygen atoms in total. The number of nitrogens with one attached hydrogen (secondary N) is 2. The van der Waals surface area contributed by atoms with Crippen molar-refractivity contribution in [2.24, 2.45) is 0 Å². The Hall–Kier alpha value is -1.62. The predicted octanol–water partition coefficient (Wildman–Crippen LogP) is 1.05. The van der Waals surface area contributed by atoms with E-state index < -0.39 is 103 Å². The Morgan fingerprint density at radius 1 is 1.12 bits per heavy atom. The maximum absolute atomic E-state index is 14.6. The van der Waals surface area contributed by atoms with Gasteiger partial charge in [-0.1, -0.05) is 11.6 Å². The second-order valence-electron chi connectivity index (χ2n) is 10.1. The SMILES string of the molecule is CC(C)OC(=O)[C@H](C)NP(=S)(N[C@@H](C)C(=O)OC(C)C)OC[C@@]1(C(F)F)O[C@@H](N2C=C(Cl)C(=O)CC2=O)[C@H](O)[C@H]1O. The molecular formula is C23H35ClF2N3O10PS. The van der Waals surface area contributed by atoms with Gasteiger partial charge in [0.25, 0.3) is 6.43 Å². The molecule has 0 aromatic heterocycles. The van der Waals surface area contributed by atoms with E-state index in [2.05, 4.69) is 10.2 Å². The smallest absolute Gasteiger partial charge is 0.323 e. The van der Waals surface area contributed by atoms with Gasteiger partial charge in [0, 0.05) is 6.20 Å². The standard InChI is InChI=1S/C23H35ClF2N3O10PS/c1-10(2)37-20(34)12(5)27-40(41,28-13(6)21(35)38-11(3)4)36-9-23(22(25)26)18(33)17(32)19(39-23)29-8-14(24)15(30)7-16(29)31/h8,10-13,17-19,22,32-33H,7,9H2,1-6H3,(H2,27,28,41)/t12-,13-,17+,18+,19+,23+/m0/s1. The number of nitrogens with zero attached hydrogens (tertiary/aromatic N) is 1. The van der Waals surface area contributed by atoms with E-state index in [-0.39, 0.29) is 0 Å². The molecule has 0 aromatic rings. The number of esters is 2. The Bertz CT molecular complexity index is 1070. The van der Waals surface area contributed by atoms with Gasteiger partial charge in [-0.15, -0.1) is 0 Å². The number of amides is 1. The highest BCUT2D eigenvalue weighted by Gasteiger charge is 2.62. The summed E-state index contributed by atoms with van der Waals surface area (Å²) < 4.78 is 50.4. The van der Waals surface area contributed by atoms with Crippen LogP contribution in [0.25, 0.3) is 0 Å². The van der Waals surface area contributed by atoms with Crippen LogP contribution in [-0.2, 0) is 49.7 Å². The zero-order valence-electron chi connectivity index (χ0n) is 23.2. The molecule has 18 heteroatoms. The van der Waals surface area contributed by atoms with Crippen molar-refractivity contribution < 1.29 is 56.9 Å². The summed E-state index contributed by atoms with van der Waals surface area (Å²) in [5.41, 5.74) is -2.94. The maximum Gasteiger partial charge on any atom is 0.323 e. The summed E-state index contributed by atoms with van der Waals surface area (Å²) in [4.78, 5) is 49.6. The molecule has 1 fully saturated rings. The van der Waals surface area contributed by atoms with Gasteiger partial charge in [-0.3, -0.25) is 24.1 Å². The first-order valence-corrected chi connectivity index (χ1v) is 15.7. The molecule has 0 aromatic carbocycles. The number of ether oxygens (including phenoxy) is 3. The molecule has 0 unspecified atom stereocenters. The Morgan fingerprint density at radius 2 is 1.61 bits per heavy atom. The number of carbonyl (C=O) groups is 4. The van der Waals surface area contributed by atoms with Crippen molar-refractivity contribution in [1.82, 2.24) is 15.1 Å². The second kappa shape index (κ2) is 14.2. The summed E-state index contributed by atoms with van der Waals surface area (Å²) in [5, 5.41) is 26.3. The molecule has 1 amide bonds. The maximum atomic E-state index is 14.6. The molecule has 2 aliphatic rings. The van der Waals surface area contributed by atoms with E-state index in [1.807, 2.05) is 0 Å². The fourth-order valence-electron chi connectivity index (χ4n) is 3.78. The molecule has 0 spiro atoms. The highest BCUT2D eigenvalue weighted by atomic mass is 35.5. The average Bonchev–Trinajstić information content (AvgIpc) is 3.10.